The Labute approximate surface area is 191 Å². The summed E-state index contributed by atoms with van der Waals surface area (Å²) in [4.78, 5) is 26.3. The Morgan fingerprint density at radius 3 is 2.61 bits per heavy atom. The molecule has 1 aromatic rings. The van der Waals surface area contributed by atoms with Crippen molar-refractivity contribution in [1.29, 1.82) is 0 Å². The standard InChI is InChI=1S/C21H21ClF4N2O5/c22-14-2-1-12(5-15(14)23)31-7-17(29)27-19-8-20(9-19,10-19)28-6-16(32-18(28)30)11-3-13(4-11)33-21(24,25)26/h1-2,5,11,13,16H,3-4,6-10H2,(H,27,29)/t11-,13+,16-,19?,20?/m1/s1. The zero-order valence-corrected chi connectivity index (χ0v) is 18.0. The molecule has 6 rings (SSSR count). The highest BCUT2D eigenvalue weighted by molar-refractivity contribution is 6.30. The van der Waals surface area contributed by atoms with Gasteiger partial charge in [0.05, 0.1) is 23.2 Å². The van der Waals surface area contributed by atoms with Crippen LogP contribution in [0, 0.1) is 11.7 Å². The Bertz CT molecular complexity index is 964. The average Bonchev–Trinajstić information content (AvgIpc) is 3.01. The zero-order valence-electron chi connectivity index (χ0n) is 17.3. The van der Waals surface area contributed by atoms with E-state index in [1.165, 1.54) is 12.1 Å². The molecule has 33 heavy (non-hydrogen) atoms. The minimum absolute atomic E-state index is 0.0413. The van der Waals surface area contributed by atoms with Crippen molar-refractivity contribution in [2.45, 2.75) is 61.8 Å². The van der Waals surface area contributed by atoms with Gasteiger partial charge in [0, 0.05) is 17.5 Å². The Morgan fingerprint density at radius 2 is 1.97 bits per heavy atom. The van der Waals surface area contributed by atoms with Gasteiger partial charge >= 0.3 is 12.5 Å². The van der Waals surface area contributed by atoms with E-state index in [-0.39, 0.29) is 47.6 Å². The van der Waals surface area contributed by atoms with E-state index in [9.17, 15) is 27.2 Å². The van der Waals surface area contributed by atoms with E-state index in [0.29, 0.717) is 25.8 Å². The Hall–Kier alpha value is -2.27. The monoisotopic (exact) mass is 492 g/mol. The highest BCUT2D eigenvalue weighted by Crippen LogP contribution is 2.64. The second kappa shape index (κ2) is 7.63. The van der Waals surface area contributed by atoms with E-state index in [0.717, 1.165) is 6.07 Å². The van der Waals surface area contributed by atoms with Crippen LogP contribution >= 0.6 is 11.6 Å². The summed E-state index contributed by atoms with van der Waals surface area (Å²) in [5.74, 6) is -0.962. The quantitative estimate of drug-likeness (QED) is 0.586. The smallest absolute Gasteiger partial charge is 0.484 e. The van der Waals surface area contributed by atoms with Gasteiger partial charge in [-0.25, -0.2) is 9.18 Å². The van der Waals surface area contributed by atoms with Crippen molar-refractivity contribution in [2.24, 2.45) is 5.92 Å². The predicted molar refractivity (Wildman–Crippen MR) is 105 cm³/mol. The van der Waals surface area contributed by atoms with Crippen LogP contribution in [0.5, 0.6) is 5.75 Å². The third-order valence-electron chi connectivity index (χ3n) is 7.03. The first kappa shape index (κ1) is 22.5. The van der Waals surface area contributed by atoms with E-state index >= 15 is 0 Å². The number of ether oxygens (including phenoxy) is 3. The number of amides is 2. The molecule has 1 N–H and O–H groups in total. The maximum Gasteiger partial charge on any atom is 0.522 e. The second-order valence-corrected chi connectivity index (χ2v) is 9.80. The lowest BCUT2D eigenvalue weighted by Gasteiger charge is -2.72. The third-order valence-corrected chi connectivity index (χ3v) is 7.34. The molecular weight excluding hydrogens is 472 g/mol. The van der Waals surface area contributed by atoms with Crippen molar-refractivity contribution in [1.82, 2.24) is 10.2 Å². The zero-order chi connectivity index (χ0) is 23.6. The van der Waals surface area contributed by atoms with E-state index in [1.54, 1.807) is 4.90 Å². The molecule has 2 amide bonds. The lowest BCUT2D eigenvalue weighted by molar-refractivity contribution is -0.355. The van der Waals surface area contributed by atoms with Crippen LogP contribution in [0.15, 0.2) is 18.2 Å². The first-order valence-corrected chi connectivity index (χ1v) is 11.0. The van der Waals surface area contributed by atoms with Gasteiger partial charge in [-0.05, 0) is 44.2 Å². The van der Waals surface area contributed by atoms with Gasteiger partial charge in [-0.2, -0.15) is 0 Å². The fraction of sp³-hybridized carbons (Fsp3) is 0.619. The van der Waals surface area contributed by atoms with Crippen molar-refractivity contribution in [3.63, 3.8) is 0 Å². The molecule has 5 aliphatic rings. The van der Waals surface area contributed by atoms with Crippen LogP contribution in [-0.2, 0) is 14.3 Å². The Balaban J connectivity index is 1.06. The summed E-state index contributed by atoms with van der Waals surface area (Å²) in [5.41, 5.74) is -0.795. The lowest BCUT2D eigenvalue weighted by Crippen LogP contribution is -2.84. The van der Waals surface area contributed by atoms with E-state index < -0.39 is 36.0 Å². The lowest BCUT2D eigenvalue weighted by atomic mass is 9.43. The number of halogens is 5. The van der Waals surface area contributed by atoms with Gasteiger partial charge in [-0.1, -0.05) is 11.6 Å². The molecular formula is C21H21ClF4N2O5. The number of cyclic esters (lactones) is 1. The Morgan fingerprint density at radius 1 is 1.27 bits per heavy atom. The number of carbonyl (C=O) groups excluding carboxylic acids is 2. The Kier molecular flexibility index (Phi) is 5.20. The highest BCUT2D eigenvalue weighted by Gasteiger charge is 2.73. The van der Waals surface area contributed by atoms with Crippen LogP contribution in [0.2, 0.25) is 5.02 Å². The van der Waals surface area contributed by atoms with Crippen molar-refractivity contribution >= 4 is 23.6 Å². The largest absolute Gasteiger partial charge is 0.522 e. The van der Waals surface area contributed by atoms with E-state index in [4.69, 9.17) is 21.1 Å². The molecule has 4 aliphatic carbocycles. The van der Waals surface area contributed by atoms with Crippen LogP contribution in [0.25, 0.3) is 0 Å². The number of hydrogen-bond acceptors (Lipinski definition) is 5. The van der Waals surface area contributed by atoms with Crippen molar-refractivity contribution in [3.8, 4) is 5.75 Å². The minimum atomic E-state index is -4.66. The molecule has 2 bridgehead atoms. The molecule has 1 atom stereocenters. The average molecular weight is 493 g/mol. The number of hydrogen-bond donors (Lipinski definition) is 1. The summed E-state index contributed by atoms with van der Waals surface area (Å²) in [6, 6.07) is 3.90. The molecule has 1 saturated heterocycles. The minimum Gasteiger partial charge on any atom is -0.484 e. The van der Waals surface area contributed by atoms with Crippen LogP contribution in [0.3, 0.4) is 0 Å². The van der Waals surface area contributed by atoms with Crippen LogP contribution in [0.4, 0.5) is 22.4 Å². The van der Waals surface area contributed by atoms with Crippen molar-refractivity contribution < 1.29 is 41.4 Å². The molecule has 1 aromatic carbocycles. The summed E-state index contributed by atoms with van der Waals surface area (Å²) in [6.07, 6.45) is -4.32. The highest BCUT2D eigenvalue weighted by atomic mass is 35.5. The van der Waals surface area contributed by atoms with Gasteiger partial charge in [0.2, 0.25) is 0 Å². The van der Waals surface area contributed by atoms with Gasteiger partial charge in [-0.3, -0.25) is 14.4 Å². The predicted octanol–water partition coefficient (Wildman–Crippen LogP) is 3.79. The van der Waals surface area contributed by atoms with Crippen LogP contribution in [0.1, 0.15) is 32.1 Å². The summed E-state index contributed by atoms with van der Waals surface area (Å²) < 4.78 is 65.0. The fourth-order valence-electron chi connectivity index (χ4n) is 5.51. The number of nitrogens with one attached hydrogen (secondary N) is 1. The topological polar surface area (TPSA) is 77.1 Å². The number of benzene rings is 1. The van der Waals surface area contributed by atoms with Crippen molar-refractivity contribution in [3.05, 3.63) is 29.0 Å². The molecule has 180 valence electrons. The van der Waals surface area contributed by atoms with Gasteiger partial charge in [0.1, 0.15) is 17.7 Å². The molecule has 0 radical (unpaired) electrons. The first-order valence-electron chi connectivity index (χ1n) is 10.6. The molecule has 0 aromatic heterocycles. The summed E-state index contributed by atoms with van der Waals surface area (Å²) >= 11 is 5.61. The SMILES string of the molecule is O=C(COc1ccc(Cl)c(F)c1)NC12CC(N3C[C@H]([C@H]4C[C@@H](OC(F)(F)F)C4)OC3=O)(C1)C2. The summed E-state index contributed by atoms with van der Waals surface area (Å²) in [6.45, 7) is 0.0456. The van der Waals surface area contributed by atoms with Crippen molar-refractivity contribution in [2.75, 3.05) is 13.2 Å². The van der Waals surface area contributed by atoms with Gasteiger partial charge in [0.15, 0.2) is 6.61 Å². The number of rotatable bonds is 7. The first-order chi connectivity index (χ1) is 15.5. The molecule has 0 unspecified atom stereocenters. The molecule has 7 nitrogen and oxygen atoms in total. The van der Waals surface area contributed by atoms with Crippen LogP contribution < -0.4 is 10.1 Å². The molecule has 1 aliphatic heterocycles. The molecule has 0 spiro atoms. The number of alkyl halides is 3. The van der Waals surface area contributed by atoms with E-state index in [2.05, 4.69) is 10.1 Å². The normalized spacial score (nSPS) is 34.6. The maximum atomic E-state index is 13.4. The molecule has 5 fully saturated rings. The fourth-order valence-corrected chi connectivity index (χ4v) is 5.63. The third kappa shape index (κ3) is 4.21. The van der Waals surface area contributed by atoms with E-state index in [1.807, 2.05) is 0 Å². The van der Waals surface area contributed by atoms with Gasteiger partial charge in [0.25, 0.3) is 5.91 Å². The molecule has 1 heterocycles. The number of nitrogens with zero attached hydrogens (tertiary/aromatic N) is 1. The number of carbonyl (C=O) groups is 2. The molecule has 12 heteroatoms. The summed E-state index contributed by atoms with van der Waals surface area (Å²) in [5, 5.41) is 2.87. The maximum absolute atomic E-state index is 13.4. The van der Waals surface area contributed by atoms with Gasteiger partial charge < -0.3 is 14.8 Å². The van der Waals surface area contributed by atoms with Gasteiger partial charge in [-0.15, -0.1) is 13.2 Å². The second-order valence-electron chi connectivity index (χ2n) is 9.40. The van der Waals surface area contributed by atoms with Crippen LogP contribution in [-0.4, -0.2) is 59.7 Å². The molecule has 4 saturated carbocycles. The summed E-state index contributed by atoms with van der Waals surface area (Å²) in [7, 11) is 0.